The highest BCUT2D eigenvalue weighted by Gasteiger charge is 2.30. The van der Waals surface area contributed by atoms with Gasteiger partial charge in [0.25, 0.3) is 11.6 Å². The minimum atomic E-state index is -4.62. The number of halogens is 3. The van der Waals surface area contributed by atoms with Crippen LogP contribution < -0.4 is 10.1 Å². The first-order valence-electron chi connectivity index (χ1n) is 10.2. The second-order valence-corrected chi connectivity index (χ2v) is 7.47. The lowest BCUT2D eigenvalue weighted by Gasteiger charge is -2.11. The Morgan fingerprint density at radius 1 is 1.03 bits per heavy atom. The third kappa shape index (κ3) is 6.08. The highest BCUT2D eigenvalue weighted by molar-refractivity contribution is 6.02. The summed E-state index contributed by atoms with van der Waals surface area (Å²) >= 11 is 0. The molecule has 0 aliphatic heterocycles. The number of amides is 1. The fourth-order valence-corrected chi connectivity index (χ4v) is 3.16. The van der Waals surface area contributed by atoms with E-state index in [2.05, 4.69) is 10.4 Å². The molecule has 2 aromatic heterocycles. The molecule has 37 heavy (non-hydrogen) atoms. The van der Waals surface area contributed by atoms with Crippen molar-refractivity contribution in [3.05, 3.63) is 104 Å². The van der Waals surface area contributed by atoms with Gasteiger partial charge in [-0.05, 0) is 30.3 Å². The quantitative estimate of drug-likeness (QED) is 0.240. The number of carbonyl (C=O) groups excluding carboxylic acids is 1. The number of hydrogen-bond acceptors (Lipinski definition) is 8. The van der Waals surface area contributed by atoms with E-state index in [9.17, 15) is 38.2 Å². The van der Waals surface area contributed by atoms with E-state index in [4.69, 9.17) is 9.15 Å². The van der Waals surface area contributed by atoms with Crippen LogP contribution in [0, 0.1) is 20.2 Å². The maximum absolute atomic E-state index is 13.0. The van der Waals surface area contributed by atoms with Crippen molar-refractivity contribution in [3.8, 4) is 11.5 Å². The number of anilines is 1. The molecule has 2 heterocycles. The molecule has 190 valence electrons. The Morgan fingerprint density at radius 2 is 1.78 bits per heavy atom. The molecule has 4 aromatic rings. The molecular weight excluding hydrogens is 503 g/mol. The number of hydrogen-bond donors (Lipinski definition) is 1. The van der Waals surface area contributed by atoms with E-state index in [0.29, 0.717) is 0 Å². The van der Waals surface area contributed by atoms with Crippen molar-refractivity contribution in [1.29, 1.82) is 0 Å². The van der Waals surface area contributed by atoms with Gasteiger partial charge in [-0.3, -0.25) is 29.7 Å². The highest BCUT2D eigenvalue weighted by atomic mass is 19.4. The highest BCUT2D eigenvalue weighted by Crippen LogP contribution is 2.34. The summed E-state index contributed by atoms with van der Waals surface area (Å²) in [6.07, 6.45) is -2.38. The summed E-state index contributed by atoms with van der Waals surface area (Å²) in [5.41, 5.74) is -1.76. The van der Waals surface area contributed by atoms with E-state index >= 15 is 0 Å². The van der Waals surface area contributed by atoms with Crippen LogP contribution in [0.25, 0.3) is 0 Å². The number of nitrogens with one attached hydrogen (secondary N) is 1. The number of rotatable bonds is 8. The van der Waals surface area contributed by atoms with Crippen molar-refractivity contribution >= 4 is 23.0 Å². The summed E-state index contributed by atoms with van der Waals surface area (Å²) in [6.45, 7) is -0.00704. The standard InChI is InChI=1S/C22H14F3N5O7/c23-22(24,25)13-2-1-3-17(6-13)36-19-8-14(7-15(9-19)29(32)33)27-21(31)20-5-4-18(37-20)12-28-11-16(10-26-28)30(34)35/h1-11H,12H2,(H,27,31). The molecule has 0 bridgehead atoms. The molecule has 1 N–H and O–H groups in total. The zero-order valence-corrected chi connectivity index (χ0v) is 18.3. The topological polar surface area (TPSA) is 156 Å². The molecule has 12 nitrogen and oxygen atoms in total. The Kier molecular flexibility index (Phi) is 6.60. The Balaban J connectivity index is 1.51. The number of benzene rings is 2. The molecule has 0 radical (unpaired) electrons. The van der Waals surface area contributed by atoms with Gasteiger partial charge in [0.05, 0.1) is 33.7 Å². The third-order valence-corrected chi connectivity index (χ3v) is 4.79. The summed E-state index contributed by atoms with van der Waals surface area (Å²) in [5, 5.41) is 28.3. The first kappa shape index (κ1) is 24.9. The summed E-state index contributed by atoms with van der Waals surface area (Å²) < 4.78 is 51.0. The second kappa shape index (κ2) is 9.80. The minimum absolute atomic E-state index is 0.00704. The Bertz CT molecular complexity index is 1500. The molecular formula is C22H14F3N5O7. The minimum Gasteiger partial charge on any atom is -0.457 e. The van der Waals surface area contributed by atoms with Gasteiger partial charge in [0.2, 0.25) is 0 Å². The number of aromatic nitrogens is 2. The molecule has 0 aliphatic carbocycles. The molecule has 0 saturated heterocycles. The maximum Gasteiger partial charge on any atom is 0.416 e. The zero-order valence-electron chi connectivity index (χ0n) is 18.3. The molecule has 2 aromatic carbocycles. The Morgan fingerprint density at radius 3 is 2.46 bits per heavy atom. The van der Waals surface area contributed by atoms with E-state index in [1.807, 2.05) is 0 Å². The number of non-ortho nitro benzene ring substituents is 1. The van der Waals surface area contributed by atoms with Gasteiger partial charge in [-0.2, -0.15) is 18.3 Å². The van der Waals surface area contributed by atoms with Crippen molar-refractivity contribution in [2.24, 2.45) is 0 Å². The number of nitro benzene ring substituents is 1. The molecule has 4 rings (SSSR count). The second-order valence-electron chi connectivity index (χ2n) is 7.47. The first-order valence-corrected chi connectivity index (χ1v) is 10.2. The molecule has 0 unspecified atom stereocenters. The van der Waals surface area contributed by atoms with Gasteiger partial charge in [-0.1, -0.05) is 6.07 Å². The first-order chi connectivity index (χ1) is 17.5. The van der Waals surface area contributed by atoms with E-state index in [0.717, 1.165) is 36.5 Å². The van der Waals surface area contributed by atoms with Gasteiger partial charge in [-0.25, -0.2) is 0 Å². The van der Waals surface area contributed by atoms with Crippen molar-refractivity contribution < 1.29 is 37.0 Å². The lowest BCUT2D eigenvalue weighted by Crippen LogP contribution is -2.11. The normalized spacial score (nSPS) is 11.2. The van der Waals surface area contributed by atoms with Crippen molar-refractivity contribution in [2.45, 2.75) is 12.7 Å². The van der Waals surface area contributed by atoms with Gasteiger partial charge in [-0.15, -0.1) is 0 Å². The predicted octanol–water partition coefficient (Wildman–Crippen LogP) is 5.40. The molecule has 15 heteroatoms. The fourth-order valence-electron chi connectivity index (χ4n) is 3.16. The number of alkyl halides is 3. The summed E-state index contributed by atoms with van der Waals surface area (Å²) in [5.74, 6) is -1.13. The number of nitro groups is 2. The Hall–Kier alpha value is -5.21. The smallest absolute Gasteiger partial charge is 0.416 e. The van der Waals surface area contributed by atoms with Crippen molar-refractivity contribution in [2.75, 3.05) is 5.32 Å². The Labute approximate surface area is 204 Å². The van der Waals surface area contributed by atoms with Crippen molar-refractivity contribution in [1.82, 2.24) is 9.78 Å². The van der Waals surface area contributed by atoms with Crippen LogP contribution in [0.15, 0.2) is 71.4 Å². The van der Waals surface area contributed by atoms with Crippen molar-refractivity contribution in [3.63, 3.8) is 0 Å². The van der Waals surface area contributed by atoms with Crippen LogP contribution in [0.4, 0.5) is 30.2 Å². The maximum atomic E-state index is 13.0. The van der Waals surface area contributed by atoms with Crippen LogP contribution in [0.5, 0.6) is 11.5 Å². The average Bonchev–Trinajstić information content (AvgIpc) is 3.49. The van der Waals surface area contributed by atoms with Gasteiger partial charge in [0.1, 0.15) is 29.7 Å². The molecule has 0 saturated carbocycles. The largest absolute Gasteiger partial charge is 0.457 e. The van der Waals surface area contributed by atoms with E-state index in [1.54, 1.807) is 0 Å². The summed E-state index contributed by atoms with van der Waals surface area (Å²) in [6, 6.07) is 9.91. The van der Waals surface area contributed by atoms with Gasteiger partial charge < -0.3 is 14.5 Å². The van der Waals surface area contributed by atoms with Gasteiger partial charge in [0, 0.05) is 12.1 Å². The number of furan rings is 1. The van der Waals surface area contributed by atoms with E-state index in [1.165, 1.54) is 35.1 Å². The lowest BCUT2D eigenvalue weighted by atomic mass is 10.2. The van der Waals surface area contributed by atoms with Gasteiger partial charge >= 0.3 is 11.9 Å². The van der Waals surface area contributed by atoms with Crippen LogP contribution >= 0.6 is 0 Å². The van der Waals surface area contributed by atoms with E-state index in [-0.39, 0.29) is 40.9 Å². The number of ether oxygens (including phenoxy) is 1. The average molecular weight is 517 g/mol. The van der Waals surface area contributed by atoms with Crippen LogP contribution in [0.1, 0.15) is 21.9 Å². The number of carbonyl (C=O) groups is 1. The molecule has 0 fully saturated rings. The predicted molar refractivity (Wildman–Crippen MR) is 119 cm³/mol. The lowest BCUT2D eigenvalue weighted by molar-refractivity contribution is -0.385. The fraction of sp³-hybridized carbons (Fsp3) is 0.0909. The van der Waals surface area contributed by atoms with Crippen LogP contribution in [-0.2, 0) is 12.7 Å². The van der Waals surface area contributed by atoms with Crippen LogP contribution in [0.2, 0.25) is 0 Å². The SMILES string of the molecule is O=C(Nc1cc(Oc2cccc(C(F)(F)F)c2)cc([N+](=O)[O-])c1)c1ccc(Cn2cc([N+](=O)[O-])cn2)o1. The summed E-state index contributed by atoms with van der Waals surface area (Å²) in [4.78, 5) is 33.3. The summed E-state index contributed by atoms with van der Waals surface area (Å²) in [7, 11) is 0. The van der Waals surface area contributed by atoms with Gasteiger partial charge in [0.15, 0.2) is 5.76 Å². The number of nitrogens with zero attached hydrogens (tertiary/aromatic N) is 4. The molecule has 0 aliphatic rings. The molecule has 0 spiro atoms. The monoisotopic (exact) mass is 517 g/mol. The zero-order chi connectivity index (χ0) is 26.7. The van der Waals surface area contributed by atoms with Crippen LogP contribution in [0.3, 0.4) is 0 Å². The molecule has 0 atom stereocenters. The van der Waals surface area contributed by atoms with E-state index < -0.39 is 33.2 Å². The van der Waals surface area contributed by atoms with Crippen LogP contribution in [-0.4, -0.2) is 25.5 Å². The third-order valence-electron chi connectivity index (χ3n) is 4.79. The molecule has 1 amide bonds.